The summed E-state index contributed by atoms with van der Waals surface area (Å²) < 4.78 is 14.8. The summed E-state index contributed by atoms with van der Waals surface area (Å²) in [6.07, 6.45) is 0.807. The lowest BCUT2D eigenvalue weighted by Crippen LogP contribution is -2.34. The maximum absolute atomic E-state index is 12.1. The van der Waals surface area contributed by atoms with Gasteiger partial charge in [0.25, 0.3) is 0 Å². The predicted octanol–water partition coefficient (Wildman–Crippen LogP) is 1.89. The molecule has 0 N–H and O–H groups in total. The molecule has 0 bridgehead atoms. The molecule has 0 fully saturated rings. The van der Waals surface area contributed by atoms with Gasteiger partial charge in [0.15, 0.2) is 5.78 Å². The van der Waals surface area contributed by atoms with Crippen molar-refractivity contribution in [2.45, 2.75) is 52.6 Å². The molecule has 6 nitrogen and oxygen atoms in total. The van der Waals surface area contributed by atoms with E-state index in [0.717, 1.165) is 0 Å². The minimum absolute atomic E-state index is 0.149. The number of ketones is 1. The van der Waals surface area contributed by atoms with Crippen LogP contribution in [0.3, 0.4) is 0 Å². The summed E-state index contributed by atoms with van der Waals surface area (Å²) in [4.78, 5) is 35.3. The van der Waals surface area contributed by atoms with Crippen LogP contribution in [-0.4, -0.2) is 43.6 Å². The van der Waals surface area contributed by atoms with Gasteiger partial charge in [0.1, 0.15) is 18.1 Å². The highest BCUT2D eigenvalue weighted by Crippen LogP contribution is 2.17. The molecule has 0 aliphatic carbocycles. The van der Waals surface area contributed by atoms with E-state index in [9.17, 15) is 14.4 Å². The number of carbonyl (C=O) groups is 3. The first kappa shape index (κ1) is 19.6. The normalized spacial score (nSPS) is 12.6. The first-order chi connectivity index (χ1) is 9.71. The third-order valence-electron chi connectivity index (χ3n) is 2.55. The molecule has 0 saturated heterocycles. The average molecular weight is 302 g/mol. The Morgan fingerprint density at radius 3 is 2.24 bits per heavy atom. The second-order valence-electron chi connectivity index (χ2n) is 5.68. The lowest BCUT2D eigenvalue weighted by Gasteiger charge is -2.23. The molecule has 0 radical (unpaired) electrons. The molecular weight excluding hydrogens is 276 g/mol. The second kappa shape index (κ2) is 9.50. The van der Waals surface area contributed by atoms with Crippen LogP contribution < -0.4 is 0 Å². The molecule has 0 aromatic carbocycles. The fourth-order valence-corrected chi connectivity index (χ4v) is 1.71. The van der Waals surface area contributed by atoms with E-state index in [1.54, 1.807) is 27.7 Å². The van der Waals surface area contributed by atoms with Crippen LogP contribution >= 0.6 is 0 Å². The average Bonchev–Trinajstić information content (AvgIpc) is 2.32. The molecular formula is C15H26O6. The molecule has 0 aliphatic heterocycles. The molecule has 122 valence electrons. The number of methoxy groups -OCH3 is 1. The van der Waals surface area contributed by atoms with E-state index in [1.165, 1.54) is 7.11 Å². The summed E-state index contributed by atoms with van der Waals surface area (Å²) in [6, 6.07) is 0. The van der Waals surface area contributed by atoms with Crippen molar-refractivity contribution in [3.8, 4) is 0 Å². The van der Waals surface area contributed by atoms with Crippen LogP contribution in [0.1, 0.15) is 47.0 Å². The Hall–Kier alpha value is -1.43. The van der Waals surface area contributed by atoms with Crippen LogP contribution in [0.4, 0.5) is 0 Å². The van der Waals surface area contributed by atoms with Crippen LogP contribution in [0.25, 0.3) is 0 Å². The van der Waals surface area contributed by atoms with Gasteiger partial charge < -0.3 is 14.2 Å². The largest absolute Gasteiger partial charge is 0.466 e. The fraction of sp³-hybridized carbons (Fsp3) is 0.800. The van der Waals surface area contributed by atoms with E-state index in [4.69, 9.17) is 14.2 Å². The van der Waals surface area contributed by atoms with E-state index in [2.05, 4.69) is 0 Å². The van der Waals surface area contributed by atoms with Crippen molar-refractivity contribution in [3.63, 3.8) is 0 Å². The van der Waals surface area contributed by atoms with Gasteiger partial charge in [-0.1, -0.05) is 0 Å². The summed E-state index contributed by atoms with van der Waals surface area (Å²) >= 11 is 0. The number of rotatable bonds is 9. The zero-order valence-corrected chi connectivity index (χ0v) is 13.6. The van der Waals surface area contributed by atoms with Crippen molar-refractivity contribution in [1.82, 2.24) is 0 Å². The van der Waals surface area contributed by atoms with Crippen LogP contribution in [0.5, 0.6) is 0 Å². The second-order valence-corrected chi connectivity index (χ2v) is 5.68. The predicted molar refractivity (Wildman–Crippen MR) is 76.7 cm³/mol. The first-order valence-corrected chi connectivity index (χ1v) is 7.11. The molecule has 0 aromatic heterocycles. The van der Waals surface area contributed by atoms with Crippen molar-refractivity contribution in [3.05, 3.63) is 0 Å². The Kier molecular flexibility index (Phi) is 8.85. The Balaban J connectivity index is 4.57. The van der Waals surface area contributed by atoms with Gasteiger partial charge in [-0.2, -0.15) is 0 Å². The van der Waals surface area contributed by atoms with Crippen LogP contribution in [0, 0.1) is 5.92 Å². The van der Waals surface area contributed by atoms with E-state index < -0.39 is 17.5 Å². The summed E-state index contributed by atoms with van der Waals surface area (Å²) in [5, 5.41) is 0. The highest BCUT2D eigenvalue weighted by molar-refractivity contribution is 5.99. The molecule has 0 aliphatic rings. The van der Waals surface area contributed by atoms with Crippen LogP contribution in [0.15, 0.2) is 0 Å². The van der Waals surface area contributed by atoms with Crippen molar-refractivity contribution in [1.29, 1.82) is 0 Å². The van der Waals surface area contributed by atoms with Gasteiger partial charge in [-0.3, -0.25) is 14.4 Å². The van der Waals surface area contributed by atoms with Gasteiger partial charge in [-0.25, -0.2) is 0 Å². The van der Waals surface area contributed by atoms with Crippen molar-refractivity contribution in [2.75, 3.05) is 20.3 Å². The molecule has 1 atom stereocenters. The Labute approximate surface area is 126 Å². The third kappa shape index (κ3) is 9.18. The number of esters is 2. The maximum Gasteiger partial charge on any atom is 0.317 e. The fourth-order valence-electron chi connectivity index (χ4n) is 1.71. The highest BCUT2D eigenvalue weighted by Gasteiger charge is 2.30. The molecule has 0 saturated carbocycles. The quantitative estimate of drug-likeness (QED) is 0.478. The van der Waals surface area contributed by atoms with E-state index in [0.29, 0.717) is 13.0 Å². The lowest BCUT2D eigenvalue weighted by atomic mass is 9.97. The van der Waals surface area contributed by atoms with Gasteiger partial charge in [0.2, 0.25) is 0 Å². The van der Waals surface area contributed by atoms with E-state index in [1.807, 2.05) is 0 Å². The van der Waals surface area contributed by atoms with E-state index in [-0.39, 0.29) is 31.2 Å². The molecule has 6 heteroatoms. The van der Waals surface area contributed by atoms with Crippen LogP contribution in [0.2, 0.25) is 0 Å². The van der Waals surface area contributed by atoms with Gasteiger partial charge in [-0.05, 0) is 40.5 Å². The van der Waals surface area contributed by atoms with Crippen molar-refractivity contribution in [2.24, 2.45) is 5.92 Å². The molecule has 0 spiro atoms. The molecule has 1 unspecified atom stereocenters. The minimum Gasteiger partial charge on any atom is -0.466 e. The van der Waals surface area contributed by atoms with Crippen LogP contribution in [-0.2, 0) is 28.6 Å². The summed E-state index contributed by atoms with van der Waals surface area (Å²) in [6.45, 7) is 7.11. The lowest BCUT2D eigenvalue weighted by molar-refractivity contribution is -0.163. The summed E-state index contributed by atoms with van der Waals surface area (Å²) in [7, 11) is 1.39. The Morgan fingerprint density at radius 1 is 1.14 bits per heavy atom. The van der Waals surface area contributed by atoms with E-state index >= 15 is 0 Å². The maximum atomic E-state index is 12.1. The van der Waals surface area contributed by atoms with Crippen molar-refractivity contribution >= 4 is 17.7 Å². The summed E-state index contributed by atoms with van der Waals surface area (Å²) in [5.41, 5.74) is -0.663. The van der Waals surface area contributed by atoms with Gasteiger partial charge in [0, 0.05) is 13.5 Å². The number of hydrogen-bond acceptors (Lipinski definition) is 6. The molecule has 0 aromatic rings. The van der Waals surface area contributed by atoms with Gasteiger partial charge in [0.05, 0.1) is 6.61 Å². The van der Waals surface area contributed by atoms with Gasteiger partial charge in [-0.15, -0.1) is 0 Å². The molecule has 0 rings (SSSR count). The first-order valence-electron chi connectivity index (χ1n) is 7.11. The smallest absolute Gasteiger partial charge is 0.317 e. The number of hydrogen-bond donors (Lipinski definition) is 0. The molecule has 0 amide bonds. The topological polar surface area (TPSA) is 78.9 Å². The number of ether oxygens (including phenoxy) is 3. The molecule has 21 heavy (non-hydrogen) atoms. The highest BCUT2D eigenvalue weighted by atomic mass is 16.6. The summed E-state index contributed by atoms with van der Waals surface area (Å²) in [5.74, 6) is -2.15. The number of Topliss-reactive ketones (excluding diaryl/α,β-unsaturated/α-hetero) is 1. The van der Waals surface area contributed by atoms with Crippen molar-refractivity contribution < 1.29 is 28.6 Å². The molecule has 0 heterocycles. The zero-order chi connectivity index (χ0) is 16.5. The third-order valence-corrected chi connectivity index (χ3v) is 2.55. The SMILES string of the molecule is CCOC(=O)CCCC(C(=O)COC)C(=O)OC(C)(C)C. The standard InChI is InChI=1S/C15H26O6/c1-6-20-13(17)9-7-8-11(12(16)10-19-5)14(18)21-15(2,3)4/h11H,6-10H2,1-5H3. The van der Waals surface area contributed by atoms with Gasteiger partial charge >= 0.3 is 11.9 Å². The Morgan fingerprint density at radius 2 is 1.76 bits per heavy atom. The Bertz CT molecular complexity index is 356. The monoisotopic (exact) mass is 302 g/mol. The minimum atomic E-state index is -0.904. The zero-order valence-electron chi connectivity index (χ0n) is 13.6. The number of carbonyl (C=O) groups excluding carboxylic acids is 3.